The third kappa shape index (κ3) is 1.01. The lowest BCUT2D eigenvalue weighted by Crippen LogP contribution is -1.95. The number of nitrogens with one attached hydrogen (secondary N) is 1. The largest absolute Gasteiger partial charge is 0.396 e. The maximum atomic E-state index is 5.72. The minimum atomic E-state index is 0.387. The van der Waals surface area contributed by atoms with Crippen LogP contribution in [0.15, 0.2) is 6.07 Å². The van der Waals surface area contributed by atoms with Gasteiger partial charge in [-0.05, 0) is 18.1 Å². The summed E-state index contributed by atoms with van der Waals surface area (Å²) >= 11 is 5.72. The second kappa shape index (κ2) is 2.27. The van der Waals surface area contributed by atoms with E-state index in [1.54, 1.807) is 0 Å². The van der Waals surface area contributed by atoms with E-state index < -0.39 is 0 Å². The first-order valence-corrected chi connectivity index (χ1v) is 3.84. The average molecular weight is 170 g/mol. The summed E-state index contributed by atoms with van der Waals surface area (Å²) < 4.78 is 0. The van der Waals surface area contributed by atoms with E-state index in [1.807, 2.05) is 6.07 Å². The monoisotopic (exact) mass is 169 g/mol. The Morgan fingerprint density at radius 1 is 1.64 bits per heavy atom. The van der Waals surface area contributed by atoms with Gasteiger partial charge in [-0.25, -0.2) is 4.98 Å². The summed E-state index contributed by atoms with van der Waals surface area (Å²) in [5.74, 6) is 0.879. The maximum absolute atomic E-state index is 5.72. The number of nitrogens with zero attached hydrogens (tertiary/aromatic N) is 1. The van der Waals surface area contributed by atoms with E-state index in [-0.39, 0.29) is 0 Å². The zero-order chi connectivity index (χ0) is 7.84. The Bertz CT molecular complexity index is 269. The molecule has 2 rings (SSSR count). The van der Waals surface area contributed by atoms with Crippen LogP contribution in [-0.4, -0.2) is 11.5 Å². The highest BCUT2D eigenvalue weighted by Crippen LogP contribution is 2.26. The van der Waals surface area contributed by atoms with Gasteiger partial charge in [0.25, 0.3) is 0 Å². The number of anilines is 2. The van der Waals surface area contributed by atoms with Crippen LogP contribution >= 0.6 is 11.6 Å². The van der Waals surface area contributed by atoms with Gasteiger partial charge in [-0.15, -0.1) is 0 Å². The normalized spacial score (nSPS) is 14.3. The topological polar surface area (TPSA) is 50.9 Å². The molecule has 0 unspecified atom stereocenters. The number of nitrogen functional groups attached to an aromatic ring is 1. The molecule has 1 aliphatic heterocycles. The van der Waals surface area contributed by atoms with E-state index in [0.29, 0.717) is 10.8 Å². The predicted molar refractivity (Wildman–Crippen MR) is 45.9 cm³/mol. The molecule has 0 aromatic carbocycles. The lowest BCUT2D eigenvalue weighted by Gasteiger charge is -2.01. The Kier molecular flexibility index (Phi) is 1.39. The van der Waals surface area contributed by atoms with Crippen molar-refractivity contribution in [3.05, 3.63) is 16.8 Å². The first-order valence-electron chi connectivity index (χ1n) is 3.46. The predicted octanol–water partition coefficient (Wildman–Crippen LogP) is 1.29. The fourth-order valence-electron chi connectivity index (χ4n) is 1.21. The Morgan fingerprint density at radius 3 is 3.27 bits per heavy atom. The summed E-state index contributed by atoms with van der Waals surface area (Å²) in [5.41, 5.74) is 7.29. The first-order chi connectivity index (χ1) is 5.27. The highest BCUT2D eigenvalue weighted by molar-refractivity contribution is 6.32. The number of hydrogen-bond donors (Lipinski definition) is 2. The van der Waals surface area contributed by atoms with E-state index in [2.05, 4.69) is 10.3 Å². The molecule has 0 saturated heterocycles. The van der Waals surface area contributed by atoms with Gasteiger partial charge in [-0.3, -0.25) is 0 Å². The van der Waals surface area contributed by atoms with Crippen molar-refractivity contribution < 1.29 is 0 Å². The molecule has 2 heterocycles. The summed E-state index contributed by atoms with van der Waals surface area (Å²) in [7, 11) is 0. The van der Waals surface area contributed by atoms with E-state index >= 15 is 0 Å². The molecular weight excluding hydrogens is 162 g/mol. The molecule has 11 heavy (non-hydrogen) atoms. The molecule has 0 saturated carbocycles. The van der Waals surface area contributed by atoms with Gasteiger partial charge in [-0.2, -0.15) is 0 Å². The van der Waals surface area contributed by atoms with E-state index in [4.69, 9.17) is 17.3 Å². The van der Waals surface area contributed by atoms with Crippen LogP contribution in [0.4, 0.5) is 11.5 Å². The van der Waals surface area contributed by atoms with Crippen LogP contribution in [0.5, 0.6) is 0 Å². The number of halogens is 1. The van der Waals surface area contributed by atoms with Gasteiger partial charge in [0.05, 0.1) is 5.69 Å². The zero-order valence-electron chi connectivity index (χ0n) is 5.89. The van der Waals surface area contributed by atoms with Crippen molar-refractivity contribution in [3.63, 3.8) is 0 Å². The SMILES string of the molecule is Nc1cc2c(nc1Cl)NCC2. The quantitative estimate of drug-likeness (QED) is 0.576. The fourth-order valence-corrected chi connectivity index (χ4v) is 1.35. The third-order valence-corrected chi connectivity index (χ3v) is 2.07. The van der Waals surface area contributed by atoms with Crippen molar-refractivity contribution in [2.24, 2.45) is 0 Å². The maximum Gasteiger partial charge on any atom is 0.154 e. The Hall–Kier alpha value is -0.960. The van der Waals surface area contributed by atoms with Gasteiger partial charge in [-0.1, -0.05) is 11.6 Å². The molecule has 0 bridgehead atoms. The molecular formula is C7H8ClN3. The molecule has 0 amide bonds. The Labute approximate surface area is 69.6 Å². The average Bonchev–Trinajstić information content (AvgIpc) is 2.36. The van der Waals surface area contributed by atoms with Crippen molar-refractivity contribution in [1.29, 1.82) is 0 Å². The Morgan fingerprint density at radius 2 is 2.45 bits per heavy atom. The van der Waals surface area contributed by atoms with E-state index in [9.17, 15) is 0 Å². The summed E-state index contributed by atoms with van der Waals surface area (Å²) in [6.07, 6.45) is 0.990. The fraction of sp³-hybridized carbons (Fsp3) is 0.286. The molecule has 58 valence electrons. The van der Waals surface area contributed by atoms with Crippen LogP contribution in [0, 0.1) is 0 Å². The molecule has 3 nitrogen and oxygen atoms in total. The Balaban J connectivity index is 2.57. The first kappa shape index (κ1) is 6.73. The number of fused-ring (bicyclic) bond motifs is 1. The van der Waals surface area contributed by atoms with Crippen molar-refractivity contribution in [1.82, 2.24) is 4.98 Å². The van der Waals surface area contributed by atoms with Crippen molar-refractivity contribution in [2.45, 2.75) is 6.42 Å². The van der Waals surface area contributed by atoms with Crippen molar-refractivity contribution in [3.8, 4) is 0 Å². The smallest absolute Gasteiger partial charge is 0.154 e. The van der Waals surface area contributed by atoms with Crippen molar-refractivity contribution in [2.75, 3.05) is 17.6 Å². The van der Waals surface area contributed by atoms with Crippen LogP contribution in [0.2, 0.25) is 5.15 Å². The molecule has 0 fully saturated rings. The minimum absolute atomic E-state index is 0.387. The molecule has 4 heteroatoms. The molecule has 0 radical (unpaired) electrons. The summed E-state index contributed by atoms with van der Waals surface area (Å²) in [6, 6.07) is 1.88. The molecule has 0 aliphatic carbocycles. The number of hydrogen-bond acceptors (Lipinski definition) is 3. The highest BCUT2D eigenvalue weighted by Gasteiger charge is 2.12. The van der Waals surface area contributed by atoms with Crippen LogP contribution in [0.1, 0.15) is 5.56 Å². The van der Waals surface area contributed by atoms with E-state index in [0.717, 1.165) is 24.3 Å². The van der Waals surface area contributed by atoms with Gasteiger partial charge < -0.3 is 11.1 Å². The standard InChI is InChI=1S/C7H8ClN3/c8-6-5(9)3-4-1-2-10-7(4)11-6/h3H,1-2,9H2,(H,10,11). The molecule has 0 spiro atoms. The molecule has 3 N–H and O–H groups in total. The van der Waals surface area contributed by atoms with E-state index in [1.165, 1.54) is 0 Å². The number of aromatic nitrogens is 1. The number of rotatable bonds is 0. The molecule has 1 aliphatic rings. The molecule has 1 aromatic heterocycles. The second-order valence-electron chi connectivity index (χ2n) is 2.55. The lowest BCUT2D eigenvalue weighted by atomic mass is 10.2. The summed E-state index contributed by atoms with van der Waals surface area (Å²) in [5, 5.41) is 3.50. The molecule has 1 aromatic rings. The molecule has 0 atom stereocenters. The van der Waals surface area contributed by atoms with Crippen molar-refractivity contribution >= 4 is 23.1 Å². The highest BCUT2D eigenvalue weighted by atomic mass is 35.5. The van der Waals surface area contributed by atoms with Crippen LogP contribution < -0.4 is 11.1 Å². The third-order valence-electron chi connectivity index (χ3n) is 1.77. The zero-order valence-corrected chi connectivity index (χ0v) is 6.65. The second-order valence-corrected chi connectivity index (χ2v) is 2.91. The lowest BCUT2D eigenvalue weighted by molar-refractivity contribution is 1.11. The van der Waals surface area contributed by atoms with Crippen LogP contribution in [0.3, 0.4) is 0 Å². The summed E-state index contributed by atoms with van der Waals surface area (Å²) in [6.45, 7) is 0.933. The van der Waals surface area contributed by atoms with Gasteiger partial charge >= 0.3 is 0 Å². The van der Waals surface area contributed by atoms with Gasteiger partial charge in [0.15, 0.2) is 5.15 Å². The van der Waals surface area contributed by atoms with Crippen LogP contribution in [-0.2, 0) is 6.42 Å². The van der Waals surface area contributed by atoms with Crippen LogP contribution in [0.25, 0.3) is 0 Å². The van der Waals surface area contributed by atoms with Gasteiger partial charge in [0.2, 0.25) is 0 Å². The van der Waals surface area contributed by atoms with Gasteiger partial charge in [0.1, 0.15) is 5.82 Å². The van der Waals surface area contributed by atoms with Gasteiger partial charge in [0, 0.05) is 6.54 Å². The number of nitrogens with two attached hydrogens (primary N) is 1. The summed E-state index contributed by atoms with van der Waals surface area (Å²) in [4.78, 5) is 4.08. The minimum Gasteiger partial charge on any atom is -0.396 e. The number of pyridine rings is 1.